The van der Waals surface area contributed by atoms with E-state index < -0.39 is 0 Å². The van der Waals surface area contributed by atoms with Gasteiger partial charge in [0.15, 0.2) is 0 Å². The van der Waals surface area contributed by atoms with Gasteiger partial charge in [0, 0.05) is 18.2 Å². The van der Waals surface area contributed by atoms with Gasteiger partial charge in [-0.2, -0.15) is 11.8 Å². The average molecular weight is 324 g/mol. The van der Waals surface area contributed by atoms with Crippen LogP contribution in [-0.2, 0) is 4.74 Å². The topological polar surface area (TPSA) is 41.6 Å². The number of carbonyl (C=O) groups is 1. The first kappa shape index (κ1) is 15.6. The number of morpholine rings is 1. The molecule has 3 rings (SSSR count). The number of rotatable bonds is 2. The lowest BCUT2D eigenvalue weighted by molar-refractivity contribution is -0.0175. The summed E-state index contributed by atoms with van der Waals surface area (Å²) in [6, 6.07) is 6.82. The third-order valence-corrected chi connectivity index (χ3v) is 5.20. The van der Waals surface area contributed by atoms with Gasteiger partial charge >= 0.3 is 6.03 Å². The molecular formula is C16H21FN2O2S. The first-order chi connectivity index (χ1) is 10.7. The monoisotopic (exact) mass is 324 g/mol. The van der Waals surface area contributed by atoms with E-state index in [1.807, 2.05) is 11.8 Å². The van der Waals surface area contributed by atoms with E-state index in [1.54, 1.807) is 23.1 Å². The zero-order valence-corrected chi connectivity index (χ0v) is 13.3. The molecule has 2 aliphatic heterocycles. The fraction of sp³-hybridized carbons (Fsp3) is 0.562. The minimum Gasteiger partial charge on any atom is -0.370 e. The minimum absolute atomic E-state index is 0.0541. The summed E-state index contributed by atoms with van der Waals surface area (Å²) < 4.78 is 19.5. The van der Waals surface area contributed by atoms with Gasteiger partial charge in [-0.15, -0.1) is 0 Å². The summed E-state index contributed by atoms with van der Waals surface area (Å²) in [6.45, 7) is 1.39. The highest BCUT2D eigenvalue weighted by atomic mass is 32.2. The van der Waals surface area contributed by atoms with Crippen molar-refractivity contribution in [1.82, 2.24) is 10.2 Å². The van der Waals surface area contributed by atoms with E-state index in [0.29, 0.717) is 25.3 Å². The Morgan fingerprint density at radius 3 is 2.86 bits per heavy atom. The summed E-state index contributed by atoms with van der Waals surface area (Å²) in [7, 11) is 0. The Hall–Kier alpha value is -1.27. The second kappa shape index (κ2) is 7.33. The van der Waals surface area contributed by atoms with Crippen molar-refractivity contribution in [1.29, 1.82) is 0 Å². The molecular weight excluding hydrogens is 303 g/mol. The van der Waals surface area contributed by atoms with Gasteiger partial charge in [0.1, 0.15) is 11.9 Å². The molecule has 0 radical (unpaired) electrons. The van der Waals surface area contributed by atoms with Gasteiger partial charge in [0.25, 0.3) is 0 Å². The maximum atomic E-state index is 13.9. The van der Waals surface area contributed by atoms with Gasteiger partial charge in [0.2, 0.25) is 0 Å². The Kier molecular flexibility index (Phi) is 5.20. The molecule has 0 saturated carbocycles. The second-order valence-electron chi connectivity index (χ2n) is 5.66. The Labute approximate surface area is 134 Å². The molecule has 4 nitrogen and oxygen atoms in total. The van der Waals surface area contributed by atoms with Crippen molar-refractivity contribution in [3.63, 3.8) is 0 Å². The lowest BCUT2D eigenvalue weighted by atomic mass is 10.1. The number of hydrogen-bond donors (Lipinski definition) is 1. The Morgan fingerprint density at radius 1 is 1.32 bits per heavy atom. The van der Waals surface area contributed by atoms with Crippen LogP contribution < -0.4 is 5.32 Å². The van der Waals surface area contributed by atoms with Crippen LogP contribution in [0.3, 0.4) is 0 Å². The average Bonchev–Trinajstić information content (AvgIpc) is 2.56. The number of benzene rings is 1. The van der Waals surface area contributed by atoms with Gasteiger partial charge in [-0.1, -0.05) is 18.2 Å². The Bertz CT molecular complexity index is 523. The van der Waals surface area contributed by atoms with Crippen molar-refractivity contribution in [2.75, 3.05) is 31.2 Å². The van der Waals surface area contributed by atoms with Crippen LogP contribution in [0.15, 0.2) is 24.3 Å². The summed E-state index contributed by atoms with van der Waals surface area (Å²) >= 11 is 1.93. The molecule has 1 aromatic carbocycles. The standard InChI is InChI=1S/C16H21FN2O2S/c17-14-4-2-1-3-13(14)15-11-19(7-8-21-15)16(20)18-12-5-9-22-10-6-12/h1-4,12,15H,5-11H2,(H,18,20)/t15-/m1/s1. The minimum atomic E-state index is -0.386. The van der Waals surface area contributed by atoms with Crippen molar-refractivity contribution >= 4 is 17.8 Å². The number of urea groups is 1. The lowest BCUT2D eigenvalue weighted by Gasteiger charge is -2.34. The highest BCUT2D eigenvalue weighted by molar-refractivity contribution is 7.99. The van der Waals surface area contributed by atoms with Crippen molar-refractivity contribution in [3.8, 4) is 0 Å². The fourth-order valence-electron chi connectivity index (χ4n) is 2.87. The Morgan fingerprint density at radius 2 is 2.09 bits per heavy atom. The maximum Gasteiger partial charge on any atom is 0.317 e. The van der Waals surface area contributed by atoms with Gasteiger partial charge in [-0.3, -0.25) is 0 Å². The number of halogens is 1. The zero-order valence-electron chi connectivity index (χ0n) is 12.5. The number of amides is 2. The zero-order chi connectivity index (χ0) is 15.4. The predicted octanol–water partition coefficient (Wildman–Crippen LogP) is 2.80. The highest BCUT2D eigenvalue weighted by Crippen LogP contribution is 2.25. The highest BCUT2D eigenvalue weighted by Gasteiger charge is 2.28. The molecule has 0 aromatic heterocycles. The van der Waals surface area contributed by atoms with Gasteiger partial charge in [-0.05, 0) is 30.4 Å². The molecule has 2 aliphatic rings. The van der Waals surface area contributed by atoms with Crippen LogP contribution >= 0.6 is 11.8 Å². The molecule has 2 heterocycles. The van der Waals surface area contributed by atoms with Crippen LogP contribution in [0.4, 0.5) is 9.18 Å². The van der Waals surface area contributed by atoms with Gasteiger partial charge in [0.05, 0.1) is 13.2 Å². The molecule has 1 N–H and O–H groups in total. The smallest absolute Gasteiger partial charge is 0.317 e. The van der Waals surface area contributed by atoms with Crippen LogP contribution in [0, 0.1) is 5.82 Å². The summed E-state index contributed by atoms with van der Waals surface area (Å²) in [5, 5.41) is 3.10. The molecule has 120 valence electrons. The van der Waals surface area contributed by atoms with E-state index >= 15 is 0 Å². The molecule has 1 atom stereocenters. The third kappa shape index (κ3) is 3.73. The number of carbonyl (C=O) groups excluding carboxylic acids is 1. The summed E-state index contributed by atoms with van der Waals surface area (Å²) in [6.07, 6.45) is 1.66. The summed E-state index contributed by atoms with van der Waals surface area (Å²) in [4.78, 5) is 14.1. The number of nitrogens with zero attached hydrogens (tertiary/aromatic N) is 1. The predicted molar refractivity (Wildman–Crippen MR) is 85.5 cm³/mol. The number of thioether (sulfide) groups is 1. The van der Waals surface area contributed by atoms with E-state index in [2.05, 4.69) is 5.32 Å². The molecule has 2 amide bonds. The molecule has 2 fully saturated rings. The quantitative estimate of drug-likeness (QED) is 0.909. The number of nitrogens with one attached hydrogen (secondary N) is 1. The maximum absolute atomic E-state index is 13.9. The third-order valence-electron chi connectivity index (χ3n) is 4.15. The van der Waals surface area contributed by atoms with E-state index in [0.717, 1.165) is 24.3 Å². The normalized spacial score (nSPS) is 23.3. The van der Waals surface area contributed by atoms with Gasteiger partial charge in [-0.25, -0.2) is 9.18 Å². The van der Waals surface area contributed by atoms with Crippen molar-refractivity contribution in [3.05, 3.63) is 35.6 Å². The fourth-order valence-corrected chi connectivity index (χ4v) is 3.97. The van der Waals surface area contributed by atoms with E-state index in [9.17, 15) is 9.18 Å². The number of hydrogen-bond acceptors (Lipinski definition) is 3. The van der Waals surface area contributed by atoms with Crippen molar-refractivity contribution < 1.29 is 13.9 Å². The van der Waals surface area contributed by atoms with Crippen LogP contribution in [0.5, 0.6) is 0 Å². The molecule has 0 unspecified atom stereocenters. The van der Waals surface area contributed by atoms with Gasteiger partial charge < -0.3 is 15.0 Å². The molecule has 0 aliphatic carbocycles. The van der Waals surface area contributed by atoms with E-state index in [1.165, 1.54) is 6.07 Å². The first-order valence-electron chi connectivity index (χ1n) is 7.73. The Balaban J connectivity index is 1.60. The van der Waals surface area contributed by atoms with Crippen LogP contribution in [0.1, 0.15) is 24.5 Å². The first-order valence-corrected chi connectivity index (χ1v) is 8.89. The van der Waals surface area contributed by atoms with Crippen molar-refractivity contribution in [2.45, 2.75) is 25.0 Å². The van der Waals surface area contributed by atoms with E-state index in [-0.39, 0.29) is 24.0 Å². The van der Waals surface area contributed by atoms with Crippen LogP contribution in [-0.4, -0.2) is 48.2 Å². The molecule has 0 bridgehead atoms. The van der Waals surface area contributed by atoms with Crippen LogP contribution in [0.25, 0.3) is 0 Å². The second-order valence-corrected chi connectivity index (χ2v) is 6.89. The molecule has 0 spiro atoms. The molecule has 22 heavy (non-hydrogen) atoms. The molecule has 6 heteroatoms. The lowest BCUT2D eigenvalue weighted by Crippen LogP contribution is -2.50. The summed E-state index contributed by atoms with van der Waals surface area (Å²) in [5.74, 6) is 1.93. The molecule has 2 saturated heterocycles. The largest absolute Gasteiger partial charge is 0.370 e. The SMILES string of the molecule is O=C(NC1CCSCC1)N1CCO[C@@H](c2ccccc2F)C1. The van der Waals surface area contributed by atoms with E-state index in [4.69, 9.17) is 4.74 Å². The summed E-state index contributed by atoms with van der Waals surface area (Å²) in [5.41, 5.74) is 0.522. The van der Waals surface area contributed by atoms with Crippen LogP contribution in [0.2, 0.25) is 0 Å². The molecule has 1 aromatic rings. The van der Waals surface area contributed by atoms with Crippen molar-refractivity contribution in [2.24, 2.45) is 0 Å². The number of ether oxygens (including phenoxy) is 1.